The quantitative estimate of drug-likeness (QED) is 0.917. The lowest BCUT2D eigenvalue weighted by Crippen LogP contribution is -2.31. The Morgan fingerprint density at radius 2 is 2.28 bits per heavy atom. The first-order chi connectivity index (χ1) is 8.79. The van der Waals surface area contributed by atoms with Gasteiger partial charge >= 0.3 is 0 Å². The summed E-state index contributed by atoms with van der Waals surface area (Å²) in [6, 6.07) is 0.252. The van der Waals surface area contributed by atoms with E-state index in [0.717, 1.165) is 5.56 Å². The van der Waals surface area contributed by atoms with Crippen molar-refractivity contribution < 1.29 is 9.26 Å². The Bertz CT molecular complexity index is 537. The number of hydrogen-bond donors (Lipinski definition) is 1. The predicted octanol–water partition coefficient (Wildman–Crippen LogP) is 1.81. The fraction of sp³-hybridized carbons (Fsp3) is 0.500. The summed E-state index contributed by atoms with van der Waals surface area (Å²) >= 11 is 1.65. The lowest BCUT2D eigenvalue weighted by Gasteiger charge is -2.11. The van der Waals surface area contributed by atoms with Crippen LogP contribution >= 0.6 is 11.3 Å². The van der Waals surface area contributed by atoms with Gasteiger partial charge in [0.25, 0.3) is 0 Å². The second kappa shape index (κ2) is 4.79. The van der Waals surface area contributed by atoms with Gasteiger partial charge in [-0.05, 0) is 24.9 Å². The summed E-state index contributed by atoms with van der Waals surface area (Å²) in [5, 5.41) is 11.4. The van der Waals surface area contributed by atoms with Gasteiger partial charge in [-0.2, -0.15) is 16.3 Å². The summed E-state index contributed by atoms with van der Waals surface area (Å²) in [7, 11) is 1.92. The van der Waals surface area contributed by atoms with Crippen molar-refractivity contribution in [3.05, 3.63) is 22.2 Å². The molecule has 0 saturated carbocycles. The summed E-state index contributed by atoms with van der Waals surface area (Å²) < 4.78 is 10.8. The summed E-state index contributed by atoms with van der Waals surface area (Å²) in [6.07, 6.45) is 0. The first kappa shape index (κ1) is 11.8. The first-order valence-electron chi connectivity index (χ1n) is 5.91. The van der Waals surface area contributed by atoms with E-state index in [9.17, 15) is 0 Å². The smallest absolute Gasteiger partial charge is 0.234 e. The summed E-state index contributed by atoms with van der Waals surface area (Å²) in [5.41, 5.74) is 2.23. The number of thiophene rings is 1. The van der Waals surface area contributed by atoms with Gasteiger partial charge in [-0.25, -0.2) is 0 Å². The van der Waals surface area contributed by atoms with Crippen LogP contribution in [0.15, 0.2) is 15.3 Å². The first-order valence-corrected chi connectivity index (χ1v) is 6.85. The van der Waals surface area contributed by atoms with Gasteiger partial charge in [0.1, 0.15) is 0 Å². The van der Waals surface area contributed by atoms with Crippen LogP contribution in [0.3, 0.4) is 0 Å². The van der Waals surface area contributed by atoms with Crippen LogP contribution in [0.1, 0.15) is 17.4 Å². The molecule has 6 heteroatoms. The zero-order valence-corrected chi connectivity index (χ0v) is 11.2. The monoisotopic (exact) mass is 265 g/mol. The molecule has 0 aromatic carbocycles. The lowest BCUT2D eigenvalue weighted by molar-refractivity contribution is 0.185. The normalized spacial score (nSPS) is 23.7. The van der Waals surface area contributed by atoms with Crippen LogP contribution < -0.4 is 5.32 Å². The number of nitrogens with zero attached hydrogens (tertiary/aromatic N) is 2. The zero-order chi connectivity index (χ0) is 12.5. The average Bonchev–Trinajstić information content (AvgIpc) is 3.06. The van der Waals surface area contributed by atoms with E-state index in [-0.39, 0.29) is 12.0 Å². The zero-order valence-electron chi connectivity index (χ0n) is 10.3. The average molecular weight is 265 g/mol. The molecular weight excluding hydrogens is 250 g/mol. The standard InChI is InChI=1S/C12H15N3O2S/c1-7-5-18-6-9(7)11-14-12(17-15-11)8-3-16-4-10(8)13-2/h5-6,8,10,13H,3-4H2,1-2H3. The van der Waals surface area contributed by atoms with Gasteiger partial charge in [0.15, 0.2) is 0 Å². The van der Waals surface area contributed by atoms with Crippen LogP contribution in [-0.4, -0.2) is 36.4 Å². The highest BCUT2D eigenvalue weighted by Gasteiger charge is 2.33. The van der Waals surface area contributed by atoms with E-state index >= 15 is 0 Å². The third-order valence-corrected chi connectivity index (χ3v) is 4.17. The molecule has 1 saturated heterocycles. The van der Waals surface area contributed by atoms with Crippen molar-refractivity contribution in [2.45, 2.75) is 18.9 Å². The predicted molar refractivity (Wildman–Crippen MR) is 68.8 cm³/mol. The molecule has 0 bridgehead atoms. The number of aromatic nitrogens is 2. The molecule has 96 valence electrons. The molecule has 5 nitrogen and oxygen atoms in total. The number of hydrogen-bond acceptors (Lipinski definition) is 6. The Hall–Kier alpha value is -1.24. The molecule has 1 fully saturated rings. The van der Waals surface area contributed by atoms with Crippen molar-refractivity contribution in [2.24, 2.45) is 0 Å². The van der Waals surface area contributed by atoms with Crippen molar-refractivity contribution >= 4 is 11.3 Å². The molecule has 2 aromatic rings. The maximum absolute atomic E-state index is 5.45. The van der Waals surface area contributed by atoms with Crippen LogP contribution in [0.2, 0.25) is 0 Å². The largest absolute Gasteiger partial charge is 0.379 e. The van der Waals surface area contributed by atoms with Crippen LogP contribution in [0.5, 0.6) is 0 Å². The van der Waals surface area contributed by atoms with Gasteiger partial charge < -0.3 is 14.6 Å². The van der Waals surface area contributed by atoms with Crippen molar-refractivity contribution in [3.8, 4) is 11.4 Å². The van der Waals surface area contributed by atoms with Crippen LogP contribution in [0.25, 0.3) is 11.4 Å². The maximum Gasteiger partial charge on any atom is 0.234 e. The molecule has 0 amide bonds. The molecule has 1 aliphatic heterocycles. The SMILES string of the molecule is CNC1COCC1c1nc(-c2cscc2C)no1. The van der Waals surface area contributed by atoms with Gasteiger partial charge in [0.2, 0.25) is 11.7 Å². The molecule has 2 aromatic heterocycles. The van der Waals surface area contributed by atoms with Crippen molar-refractivity contribution in [2.75, 3.05) is 20.3 Å². The Kier molecular flexibility index (Phi) is 3.15. The van der Waals surface area contributed by atoms with E-state index in [4.69, 9.17) is 9.26 Å². The molecule has 0 spiro atoms. The number of likely N-dealkylation sites (N-methyl/N-ethyl adjacent to an activating group) is 1. The van der Waals surface area contributed by atoms with Crippen molar-refractivity contribution in [1.29, 1.82) is 0 Å². The van der Waals surface area contributed by atoms with Gasteiger partial charge in [-0.15, -0.1) is 0 Å². The second-order valence-electron chi connectivity index (χ2n) is 4.46. The van der Waals surface area contributed by atoms with Crippen molar-refractivity contribution in [1.82, 2.24) is 15.5 Å². The van der Waals surface area contributed by atoms with Gasteiger partial charge in [0, 0.05) is 17.0 Å². The molecule has 0 aliphatic carbocycles. The van der Waals surface area contributed by atoms with Crippen LogP contribution in [0.4, 0.5) is 0 Å². The van der Waals surface area contributed by atoms with Gasteiger partial charge in [0.05, 0.1) is 19.1 Å². The third-order valence-electron chi connectivity index (χ3n) is 3.31. The second-order valence-corrected chi connectivity index (χ2v) is 5.21. The molecule has 1 aliphatic rings. The topological polar surface area (TPSA) is 60.2 Å². The molecular formula is C12H15N3O2S. The van der Waals surface area contributed by atoms with Crippen LogP contribution in [0, 0.1) is 6.92 Å². The highest BCUT2D eigenvalue weighted by Crippen LogP contribution is 2.28. The highest BCUT2D eigenvalue weighted by atomic mass is 32.1. The van der Waals surface area contributed by atoms with Crippen molar-refractivity contribution in [3.63, 3.8) is 0 Å². The fourth-order valence-electron chi connectivity index (χ4n) is 2.17. The summed E-state index contributed by atoms with van der Waals surface area (Å²) in [5.74, 6) is 1.48. The van der Waals surface area contributed by atoms with Gasteiger partial charge in [-0.3, -0.25) is 0 Å². The Morgan fingerprint density at radius 3 is 3.00 bits per heavy atom. The van der Waals surface area contributed by atoms with E-state index in [1.165, 1.54) is 5.56 Å². The highest BCUT2D eigenvalue weighted by molar-refractivity contribution is 7.08. The minimum absolute atomic E-state index is 0.148. The number of nitrogens with one attached hydrogen (secondary N) is 1. The number of aryl methyl sites for hydroxylation is 1. The van der Waals surface area contributed by atoms with E-state index in [1.54, 1.807) is 11.3 Å². The Labute approximate surface area is 109 Å². The molecule has 3 rings (SSSR count). The molecule has 2 unspecified atom stereocenters. The van der Waals surface area contributed by atoms with Crippen LogP contribution in [-0.2, 0) is 4.74 Å². The summed E-state index contributed by atoms with van der Waals surface area (Å²) in [6.45, 7) is 3.38. The van der Waals surface area contributed by atoms with E-state index in [2.05, 4.69) is 27.8 Å². The fourth-order valence-corrected chi connectivity index (χ4v) is 2.99. The Morgan fingerprint density at radius 1 is 1.39 bits per heavy atom. The maximum atomic E-state index is 5.45. The number of rotatable bonds is 3. The molecule has 3 heterocycles. The number of ether oxygens (including phenoxy) is 1. The van der Waals surface area contributed by atoms with E-state index in [1.807, 2.05) is 12.4 Å². The lowest BCUT2D eigenvalue weighted by atomic mass is 10.0. The Balaban J connectivity index is 1.88. The van der Waals surface area contributed by atoms with E-state index < -0.39 is 0 Å². The molecule has 2 atom stereocenters. The summed E-state index contributed by atoms with van der Waals surface area (Å²) in [4.78, 5) is 4.50. The molecule has 0 radical (unpaired) electrons. The minimum atomic E-state index is 0.148. The van der Waals surface area contributed by atoms with E-state index in [0.29, 0.717) is 24.9 Å². The third kappa shape index (κ3) is 1.96. The minimum Gasteiger partial charge on any atom is -0.379 e. The van der Waals surface area contributed by atoms with Gasteiger partial charge in [-0.1, -0.05) is 5.16 Å². The molecule has 1 N–H and O–H groups in total. The molecule has 18 heavy (non-hydrogen) atoms.